The van der Waals surface area contributed by atoms with Gasteiger partial charge >= 0.3 is 5.97 Å². The summed E-state index contributed by atoms with van der Waals surface area (Å²) in [6.45, 7) is 6.20. The molecule has 1 aliphatic rings. The van der Waals surface area contributed by atoms with Gasteiger partial charge in [0, 0.05) is 37.9 Å². The van der Waals surface area contributed by atoms with Crippen molar-refractivity contribution in [1.29, 1.82) is 0 Å². The number of anilines is 1. The third-order valence-corrected chi connectivity index (χ3v) is 5.06. The normalized spacial score (nSPS) is 14.3. The van der Waals surface area contributed by atoms with Crippen LogP contribution < -0.4 is 10.2 Å². The molecule has 2 amide bonds. The first-order valence-corrected chi connectivity index (χ1v) is 10.8. The molecule has 0 aromatic heterocycles. The predicted molar refractivity (Wildman–Crippen MR) is 118 cm³/mol. The van der Waals surface area contributed by atoms with Crippen LogP contribution in [0.4, 0.5) is 5.69 Å². The fourth-order valence-electron chi connectivity index (χ4n) is 3.36. The van der Waals surface area contributed by atoms with E-state index in [1.165, 1.54) is 42.3 Å². The molecule has 0 aliphatic carbocycles. The average molecular weight is 416 g/mol. The van der Waals surface area contributed by atoms with Crippen molar-refractivity contribution in [2.75, 3.05) is 44.2 Å². The first-order valence-electron chi connectivity index (χ1n) is 10.8. The molecule has 0 saturated carbocycles. The maximum atomic E-state index is 12.1. The van der Waals surface area contributed by atoms with E-state index in [1.54, 1.807) is 13.0 Å². The topological polar surface area (TPSA) is 79.0 Å². The minimum atomic E-state index is -0.589. The summed E-state index contributed by atoms with van der Waals surface area (Å²) < 4.78 is 5.03. The van der Waals surface area contributed by atoms with Gasteiger partial charge in [0.15, 0.2) is 6.61 Å². The number of amides is 2. The van der Waals surface area contributed by atoms with Crippen LogP contribution in [0.5, 0.6) is 0 Å². The highest BCUT2D eigenvalue weighted by Crippen LogP contribution is 2.20. The molecule has 7 nitrogen and oxygen atoms in total. The van der Waals surface area contributed by atoms with Crippen molar-refractivity contribution >= 4 is 29.5 Å². The van der Waals surface area contributed by atoms with E-state index in [9.17, 15) is 14.4 Å². The molecule has 1 fully saturated rings. The van der Waals surface area contributed by atoms with Crippen molar-refractivity contribution in [3.63, 3.8) is 0 Å². The van der Waals surface area contributed by atoms with Gasteiger partial charge in [0.25, 0.3) is 5.91 Å². The molecule has 7 heteroatoms. The lowest BCUT2D eigenvalue weighted by Gasteiger charge is -2.22. The monoisotopic (exact) mass is 415 g/mol. The maximum absolute atomic E-state index is 12.1. The summed E-state index contributed by atoms with van der Waals surface area (Å²) in [7, 11) is 0. The van der Waals surface area contributed by atoms with E-state index >= 15 is 0 Å². The second kappa shape index (κ2) is 12.7. The minimum Gasteiger partial charge on any atom is -0.452 e. The second-order valence-corrected chi connectivity index (χ2v) is 7.30. The highest BCUT2D eigenvalue weighted by molar-refractivity contribution is 5.90. The lowest BCUT2D eigenvalue weighted by Crippen LogP contribution is -2.42. The van der Waals surface area contributed by atoms with Crippen LogP contribution in [0.25, 0.3) is 6.08 Å². The molecule has 1 saturated heterocycles. The molecule has 1 N–H and O–H groups in total. The number of rotatable bonds is 9. The predicted octanol–water partition coefficient (Wildman–Crippen LogP) is 2.61. The number of likely N-dealkylation sites (N-methyl/N-ethyl adjacent to an activating group) is 2. The number of carbonyl (C=O) groups excluding carboxylic acids is 3. The average Bonchev–Trinajstić information content (AvgIpc) is 3.04. The van der Waals surface area contributed by atoms with Crippen molar-refractivity contribution in [3.8, 4) is 0 Å². The fraction of sp³-hybridized carbons (Fsp3) is 0.522. The molecule has 1 heterocycles. The van der Waals surface area contributed by atoms with Gasteiger partial charge in [0.05, 0.1) is 6.54 Å². The Kier molecular flexibility index (Phi) is 9.91. The van der Waals surface area contributed by atoms with Gasteiger partial charge in [-0.1, -0.05) is 25.0 Å². The number of carbonyl (C=O) groups is 3. The van der Waals surface area contributed by atoms with E-state index in [2.05, 4.69) is 22.3 Å². The molecule has 1 aromatic rings. The van der Waals surface area contributed by atoms with Crippen LogP contribution >= 0.6 is 0 Å². The molecule has 0 unspecified atom stereocenters. The summed E-state index contributed by atoms with van der Waals surface area (Å²) >= 11 is 0. The third kappa shape index (κ3) is 7.89. The SMILES string of the molecule is CCNC(=O)CN(CC)C(=O)COC(=O)/C=C/c1ccc(N2CCCCCC2)cc1. The van der Waals surface area contributed by atoms with Gasteiger partial charge in [-0.15, -0.1) is 0 Å². The molecule has 0 atom stereocenters. The number of ether oxygens (including phenoxy) is 1. The zero-order valence-corrected chi connectivity index (χ0v) is 18.1. The van der Waals surface area contributed by atoms with Crippen molar-refractivity contribution in [2.45, 2.75) is 39.5 Å². The largest absolute Gasteiger partial charge is 0.452 e. The van der Waals surface area contributed by atoms with Gasteiger partial charge in [-0.3, -0.25) is 9.59 Å². The van der Waals surface area contributed by atoms with Gasteiger partial charge in [-0.05, 0) is 50.5 Å². The zero-order valence-electron chi connectivity index (χ0n) is 18.1. The smallest absolute Gasteiger partial charge is 0.331 e. The van der Waals surface area contributed by atoms with E-state index in [1.807, 2.05) is 19.1 Å². The molecular weight excluding hydrogens is 382 g/mol. The van der Waals surface area contributed by atoms with Crippen LogP contribution in [0.1, 0.15) is 45.1 Å². The summed E-state index contributed by atoms with van der Waals surface area (Å²) in [6, 6.07) is 8.08. The van der Waals surface area contributed by atoms with Crippen LogP contribution in [0, 0.1) is 0 Å². The molecule has 0 bridgehead atoms. The Morgan fingerprint density at radius 3 is 2.33 bits per heavy atom. The Morgan fingerprint density at radius 1 is 1.07 bits per heavy atom. The molecular formula is C23H33N3O4. The summed E-state index contributed by atoms with van der Waals surface area (Å²) in [5.74, 6) is -1.22. The van der Waals surface area contributed by atoms with E-state index in [0.29, 0.717) is 13.1 Å². The van der Waals surface area contributed by atoms with Crippen LogP contribution in [-0.4, -0.2) is 62.0 Å². The molecule has 1 aliphatic heterocycles. The Bertz CT molecular complexity index is 722. The Hall–Kier alpha value is -2.83. The molecule has 0 radical (unpaired) electrons. The zero-order chi connectivity index (χ0) is 21.8. The Morgan fingerprint density at radius 2 is 1.73 bits per heavy atom. The summed E-state index contributed by atoms with van der Waals surface area (Å²) in [4.78, 5) is 39.5. The molecule has 2 rings (SSSR count). The first-order chi connectivity index (χ1) is 14.5. The van der Waals surface area contributed by atoms with E-state index in [0.717, 1.165) is 18.7 Å². The van der Waals surface area contributed by atoms with Gasteiger partial charge in [-0.2, -0.15) is 0 Å². The van der Waals surface area contributed by atoms with E-state index in [-0.39, 0.29) is 19.1 Å². The summed E-state index contributed by atoms with van der Waals surface area (Å²) in [6.07, 6.45) is 8.03. The number of esters is 1. The van der Waals surface area contributed by atoms with Crippen LogP contribution in [0.2, 0.25) is 0 Å². The lowest BCUT2D eigenvalue weighted by molar-refractivity contribution is -0.148. The third-order valence-electron chi connectivity index (χ3n) is 5.06. The van der Waals surface area contributed by atoms with Gasteiger partial charge in [0.1, 0.15) is 0 Å². The number of nitrogens with zero attached hydrogens (tertiary/aromatic N) is 2. The lowest BCUT2D eigenvalue weighted by atomic mass is 10.1. The van der Waals surface area contributed by atoms with Crippen molar-refractivity contribution < 1.29 is 19.1 Å². The quantitative estimate of drug-likeness (QED) is 0.495. The maximum Gasteiger partial charge on any atom is 0.331 e. The standard InChI is InChI=1S/C23H33N3O4/c1-3-24-21(27)17-25(4-2)22(28)18-30-23(29)14-11-19-9-12-20(13-10-19)26-15-7-5-6-8-16-26/h9-14H,3-8,15-18H2,1-2H3,(H,24,27)/b14-11+. The first kappa shape index (κ1) is 23.4. The van der Waals surface area contributed by atoms with Gasteiger partial charge in [-0.25, -0.2) is 4.79 Å². The molecule has 164 valence electrons. The van der Waals surface area contributed by atoms with E-state index < -0.39 is 11.9 Å². The highest BCUT2D eigenvalue weighted by Gasteiger charge is 2.16. The van der Waals surface area contributed by atoms with Crippen LogP contribution in [0.15, 0.2) is 30.3 Å². The number of nitrogens with one attached hydrogen (secondary N) is 1. The van der Waals surface area contributed by atoms with Gasteiger partial charge < -0.3 is 19.9 Å². The van der Waals surface area contributed by atoms with Crippen molar-refractivity contribution in [1.82, 2.24) is 10.2 Å². The summed E-state index contributed by atoms with van der Waals surface area (Å²) in [5, 5.41) is 2.64. The minimum absolute atomic E-state index is 0.0417. The molecule has 0 spiro atoms. The van der Waals surface area contributed by atoms with Crippen molar-refractivity contribution in [2.24, 2.45) is 0 Å². The fourth-order valence-corrected chi connectivity index (χ4v) is 3.36. The highest BCUT2D eigenvalue weighted by atomic mass is 16.5. The van der Waals surface area contributed by atoms with Crippen LogP contribution in [0.3, 0.4) is 0 Å². The second-order valence-electron chi connectivity index (χ2n) is 7.30. The van der Waals surface area contributed by atoms with E-state index in [4.69, 9.17) is 4.74 Å². The molecule has 1 aromatic carbocycles. The van der Waals surface area contributed by atoms with Gasteiger partial charge in [0.2, 0.25) is 5.91 Å². The van der Waals surface area contributed by atoms with Crippen LogP contribution in [-0.2, 0) is 19.1 Å². The molecule has 30 heavy (non-hydrogen) atoms. The summed E-state index contributed by atoms with van der Waals surface area (Å²) in [5.41, 5.74) is 2.09. The Balaban J connectivity index is 1.80. The Labute approximate surface area is 179 Å². The number of benzene rings is 1. The van der Waals surface area contributed by atoms with Crippen molar-refractivity contribution in [3.05, 3.63) is 35.9 Å². The number of hydrogen-bond donors (Lipinski definition) is 1. The number of hydrogen-bond acceptors (Lipinski definition) is 5.